The molecule has 5 heteroatoms. The number of pyridine rings is 1. The van der Waals surface area contributed by atoms with Crippen LogP contribution in [-0.2, 0) is 0 Å². The maximum absolute atomic E-state index is 4.07. The van der Waals surface area contributed by atoms with Gasteiger partial charge >= 0.3 is 0 Å². The molecule has 1 unspecified atom stereocenters. The fourth-order valence-corrected chi connectivity index (χ4v) is 2.38. The van der Waals surface area contributed by atoms with Gasteiger partial charge in [0.05, 0.1) is 12.2 Å². The molecule has 0 fully saturated rings. The van der Waals surface area contributed by atoms with E-state index >= 15 is 0 Å². The first-order chi connectivity index (χ1) is 9.43. The van der Waals surface area contributed by atoms with Crippen LogP contribution >= 0.6 is 11.5 Å². The van der Waals surface area contributed by atoms with Gasteiger partial charge in [0.15, 0.2) is 0 Å². The molecule has 3 rings (SSSR count). The molecule has 1 atom stereocenters. The van der Waals surface area contributed by atoms with E-state index in [1.54, 1.807) is 18.6 Å². The van der Waals surface area contributed by atoms with Crippen molar-refractivity contribution in [1.82, 2.24) is 14.6 Å². The lowest BCUT2D eigenvalue weighted by Crippen LogP contribution is -2.11. The topological polar surface area (TPSA) is 50.7 Å². The van der Waals surface area contributed by atoms with Crippen molar-refractivity contribution in [2.24, 2.45) is 0 Å². The third-order valence-corrected chi connectivity index (χ3v) is 3.42. The van der Waals surface area contributed by atoms with Crippen LogP contribution in [0.15, 0.2) is 61.1 Å². The largest absolute Gasteiger partial charge is 0.363 e. The summed E-state index contributed by atoms with van der Waals surface area (Å²) in [7, 11) is 0. The molecule has 0 aliphatic heterocycles. The summed E-state index contributed by atoms with van der Waals surface area (Å²) in [5, 5.41) is 8.26. The number of hydrogen-bond acceptors (Lipinski definition) is 5. The van der Waals surface area contributed by atoms with Gasteiger partial charge in [-0.2, -0.15) is 0 Å². The number of rotatable bonds is 4. The van der Waals surface area contributed by atoms with Crippen LogP contribution in [0.4, 0.5) is 5.00 Å². The summed E-state index contributed by atoms with van der Waals surface area (Å²) in [5.74, 6) is 0. The standard InChI is InChI=1S/C14H12N4S/c1-2-4-11(5-3-1)14(12-6-8-15-9-7-12)17-13-10-16-18-19-13/h1-10,14,17H. The summed E-state index contributed by atoms with van der Waals surface area (Å²) in [6, 6.07) is 14.4. The summed E-state index contributed by atoms with van der Waals surface area (Å²) in [6.07, 6.45) is 5.34. The van der Waals surface area contributed by atoms with Gasteiger partial charge in [-0.15, -0.1) is 5.10 Å². The third-order valence-electron chi connectivity index (χ3n) is 2.82. The van der Waals surface area contributed by atoms with Gasteiger partial charge < -0.3 is 5.32 Å². The lowest BCUT2D eigenvalue weighted by Gasteiger charge is -2.19. The maximum atomic E-state index is 4.07. The molecule has 2 aromatic heterocycles. The van der Waals surface area contributed by atoms with Gasteiger partial charge in [-0.25, -0.2) is 0 Å². The molecule has 3 aromatic rings. The van der Waals surface area contributed by atoms with Crippen molar-refractivity contribution in [3.05, 3.63) is 72.2 Å². The first kappa shape index (κ1) is 11.8. The van der Waals surface area contributed by atoms with Gasteiger partial charge in [0.25, 0.3) is 0 Å². The highest BCUT2D eigenvalue weighted by Crippen LogP contribution is 2.27. The van der Waals surface area contributed by atoms with Crippen LogP contribution < -0.4 is 5.32 Å². The van der Waals surface area contributed by atoms with E-state index in [9.17, 15) is 0 Å². The van der Waals surface area contributed by atoms with Crippen molar-refractivity contribution in [2.45, 2.75) is 6.04 Å². The molecule has 1 N–H and O–H groups in total. The molecular formula is C14H12N4S. The second-order valence-corrected chi connectivity index (χ2v) is 4.84. The van der Waals surface area contributed by atoms with Crippen LogP contribution in [-0.4, -0.2) is 14.6 Å². The summed E-state index contributed by atoms with van der Waals surface area (Å²) in [5.41, 5.74) is 2.36. The second-order valence-electron chi connectivity index (χ2n) is 4.05. The average molecular weight is 268 g/mol. The quantitative estimate of drug-likeness (QED) is 0.789. The van der Waals surface area contributed by atoms with Crippen molar-refractivity contribution in [3.63, 3.8) is 0 Å². The summed E-state index contributed by atoms with van der Waals surface area (Å²) < 4.78 is 3.88. The molecule has 0 bridgehead atoms. The lowest BCUT2D eigenvalue weighted by molar-refractivity contribution is 0.938. The number of nitrogens with one attached hydrogen (secondary N) is 1. The lowest BCUT2D eigenvalue weighted by atomic mass is 10.00. The molecule has 0 saturated heterocycles. The summed E-state index contributed by atoms with van der Waals surface area (Å²) in [4.78, 5) is 4.07. The number of hydrogen-bond donors (Lipinski definition) is 1. The van der Waals surface area contributed by atoms with Gasteiger partial charge in [-0.05, 0) is 23.3 Å². The van der Waals surface area contributed by atoms with Crippen LogP contribution in [0.25, 0.3) is 0 Å². The Balaban J connectivity index is 1.96. The number of nitrogens with zero attached hydrogens (tertiary/aromatic N) is 3. The van der Waals surface area contributed by atoms with Crippen LogP contribution in [0, 0.1) is 0 Å². The van der Waals surface area contributed by atoms with E-state index in [1.165, 1.54) is 17.1 Å². The highest BCUT2D eigenvalue weighted by Gasteiger charge is 2.14. The molecule has 94 valence electrons. The molecule has 19 heavy (non-hydrogen) atoms. The Kier molecular flexibility index (Phi) is 3.47. The highest BCUT2D eigenvalue weighted by molar-refractivity contribution is 7.09. The van der Waals surface area contributed by atoms with E-state index in [0.29, 0.717) is 0 Å². The fraction of sp³-hybridized carbons (Fsp3) is 0.0714. The molecule has 0 spiro atoms. The molecule has 0 aliphatic rings. The van der Waals surface area contributed by atoms with Crippen LogP contribution in [0.1, 0.15) is 17.2 Å². The smallest absolute Gasteiger partial charge is 0.130 e. The molecule has 1 aromatic carbocycles. The van der Waals surface area contributed by atoms with Gasteiger partial charge in [0.2, 0.25) is 0 Å². The van der Waals surface area contributed by atoms with E-state index < -0.39 is 0 Å². The average Bonchev–Trinajstić information content (AvgIpc) is 3.00. The molecule has 4 nitrogen and oxygen atoms in total. The van der Waals surface area contributed by atoms with E-state index in [4.69, 9.17) is 0 Å². The predicted octanol–water partition coefficient (Wildman–Crippen LogP) is 3.13. The fourth-order valence-electron chi connectivity index (χ4n) is 1.93. The van der Waals surface area contributed by atoms with Gasteiger partial charge in [-0.1, -0.05) is 34.8 Å². The Bertz CT molecular complexity index is 571. The Labute approximate surface area is 115 Å². The zero-order valence-electron chi connectivity index (χ0n) is 10.1. The number of aromatic nitrogens is 3. The molecule has 0 amide bonds. The zero-order valence-corrected chi connectivity index (χ0v) is 10.9. The van der Waals surface area contributed by atoms with Crippen LogP contribution in [0.3, 0.4) is 0 Å². The minimum atomic E-state index is 0.0754. The van der Waals surface area contributed by atoms with Crippen LogP contribution in [0.5, 0.6) is 0 Å². The normalized spacial score (nSPS) is 12.0. The minimum Gasteiger partial charge on any atom is -0.363 e. The van der Waals surface area contributed by atoms with Crippen molar-refractivity contribution >= 4 is 16.5 Å². The Morgan fingerprint density at radius 2 is 1.68 bits per heavy atom. The van der Waals surface area contributed by atoms with Crippen molar-refractivity contribution in [1.29, 1.82) is 0 Å². The maximum Gasteiger partial charge on any atom is 0.130 e. The van der Waals surface area contributed by atoms with Gasteiger partial charge in [0, 0.05) is 23.9 Å². The predicted molar refractivity (Wildman–Crippen MR) is 76.1 cm³/mol. The van der Waals surface area contributed by atoms with Crippen molar-refractivity contribution < 1.29 is 0 Å². The highest BCUT2D eigenvalue weighted by atomic mass is 32.1. The third kappa shape index (κ3) is 2.77. The number of anilines is 1. The molecule has 2 heterocycles. The molecule has 0 aliphatic carbocycles. The van der Waals surface area contributed by atoms with Gasteiger partial charge in [0.1, 0.15) is 5.00 Å². The molecular weight excluding hydrogens is 256 g/mol. The summed E-state index contributed by atoms with van der Waals surface area (Å²) >= 11 is 1.35. The zero-order chi connectivity index (χ0) is 12.9. The van der Waals surface area contributed by atoms with Crippen LogP contribution in [0.2, 0.25) is 0 Å². The molecule has 0 radical (unpaired) electrons. The van der Waals surface area contributed by atoms with E-state index in [-0.39, 0.29) is 6.04 Å². The van der Waals surface area contributed by atoms with E-state index in [1.807, 2.05) is 30.3 Å². The van der Waals surface area contributed by atoms with Crippen molar-refractivity contribution in [3.8, 4) is 0 Å². The molecule has 0 saturated carbocycles. The Morgan fingerprint density at radius 3 is 2.37 bits per heavy atom. The Morgan fingerprint density at radius 1 is 0.947 bits per heavy atom. The van der Waals surface area contributed by atoms with E-state index in [2.05, 4.69) is 32.0 Å². The SMILES string of the molecule is c1ccc(C(Nc2cnns2)c2ccncc2)cc1. The van der Waals surface area contributed by atoms with Crippen molar-refractivity contribution in [2.75, 3.05) is 5.32 Å². The first-order valence-corrected chi connectivity index (χ1v) is 6.69. The monoisotopic (exact) mass is 268 g/mol. The summed E-state index contributed by atoms with van der Waals surface area (Å²) in [6.45, 7) is 0. The first-order valence-electron chi connectivity index (χ1n) is 5.92. The Hall–Kier alpha value is -2.27. The second kappa shape index (κ2) is 5.58. The number of benzene rings is 1. The van der Waals surface area contributed by atoms with Gasteiger partial charge in [-0.3, -0.25) is 4.98 Å². The van der Waals surface area contributed by atoms with E-state index in [0.717, 1.165) is 10.6 Å². The minimum absolute atomic E-state index is 0.0754.